The van der Waals surface area contributed by atoms with Crippen molar-refractivity contribution in [1.29, 1.82) is 0 Å². The van der Waals surface area contributed by atoms with Gasteiger partial charge in [-0.3, -0.25) is 0 Å². The van der Waals surface area contributed by atoms with Gasteiger partial charge in [-0.15, -0.1) is 9.24 Å². The molecule has 0 radical (unpaired) electrons. The Kier molecular flexibility index (Phi) is 3.15. The van der Waals surface area contributed by atoms with Crippen molar-refractivity contribution < 1.29 is 0 Å². The molecule has 0 N–H and O–H groups in total. The zero-order chi connectivity index (χ0) is 7.40. The van der Waals surface area contributed by atoms with Crippen molar-refractivity contribution >= 4 is 9.24 Å². The lowest BCUT2D eigenvalue weighted by atomic mass is 9.91. The monoisotopic (exact) mass is 154 g/mol. The molecule has 0 spiro atoms. The molecule has 0 aliphatic heterocycles. The first-order valence-electron chi connectivity index (χ1n) is 3.92. The summed E-state index contributed by atoms with van der Waals surface area (Å²) in [5, 5.41) is 0. The van der Waals surface area contributed by atoms with Crippen LogP contribution in [0.25, 0.3) is 0 Å². The van der Waals surface area contributed by atoms with E-state index in [-0.39, 0.29) is 0 Å². The van der Waals surface area contributed by atoms with Crippen LogP contribution in [-0.4, -0.2) is 6.16 Å². The van der Waals surface area contributed by atoms with Crippen LogP contribution in [0.3, 0.4) is 0 Å². The van der Waals surface area contributed by atoms with Gasteiger partial charge in [0.2, 0.25) is 0 Å². The van der Waals surface area contributed by atoms with Gasteiger partial charge in [-0.1, -0.05) is 18.2 Å². The number of rotatable bonds is 1. The maximum Gasteiger partial charge on any atom is -0.0194 e. The molecule has 1 aliphatic rings. The molecular formula is C9H15P. The molecule has 0 bridgehead atoms. The van der Waals surface area contributed by atoms with E-state index in [0.717, 1.165) is 6.16 Å². The van der Waals surface area contributed by atoms with Gasteiger partial charge in [-0.05, 0) is 37.4 Å². The van der Waals surface area contributed by atoms with E-state index in [0.29, 0.717) is 0 Å². The SMILES string of the molecule is C=C1CCCC/C1=C/CP. The van der Waals surface area contributed by atoms with E-state index in [4.69, 9.17) is 0 Å². The molecule has 0 saturated heterocycles. The Balaban J connectivity index is 2.56. The minimum Gasteiger partial charge on any atom is -0.134 e. The van der Waals surface area contributed by atoms with Crippen molar-refractivity contribution in [2.45, 2.75) is 25.7 Å². The highest BCUT2D eigenvalue weighted by Crippen LogP contribution is 2.26. The van der Waals surface area contributed by atoms with E-state index < -0.39 is 0 Å². The fraction of sp³-hybridized carbons (Fsp3) is 0.556. The molecule has 1 fully saturated rings. The summed E-state index contributed by atoms with van der Waals surface area (Å²) < 4.78 is 0. The fourth-order valence-corrected chi connectivity index (χ4v) is 1.66. The number of hydrogen-bond acceptors (Lipinski definition) is 0. The molecule has 1 heteroatoms. The summed E-state index contributed by atoms with van der Waals surface area (Å²) >= 11 is 0. The average molecular weight is 154 g/mol. The Morgan fingerprint density at radius 1 is 1.40 bits per heavy atom. The molecule has 1 unspecified atom stereocenters. The third-order valence-electron chi connectivity index (χ3n) is 1.99. The molecule has 0 aromatic rings. The van der Waals surface area contributed by atoms with Gasteiger partial charge >= 0.3 is 0 Å². The summed E-state index contributed by atoms with van der Waals surface area (Å²) in [6.45, 7) is 4.04. The second-order valence-corrected chi connectivity index (χ2v) is 3.25. The van der Waals surface area contributed by atoms with Gasteiger partial charge in [-0.25, -0.2) is 0 Å². The highest BCUT2D eigenvalue weighted by Gasteiger charge is 2.07. The van der Waals surface area contributed by atoms with E-state index in [1.54, 1.807) is 0 Å². The summed E-state index contributed by atoms with van der Waals surface area (Å²) in [5.74, 6) is 0. The Morgan fingerprint density at radius 2 is 2.10 bits per heavy atom. The van der Waals surface area contributed by atoms with Gasteiger partial charge in [0.05, 0.1) is 0 Å². The Labute approximate surface area is 65.6 Å². The Morgan fingerprint density at radius 3 is 2.70 bits per heavy atom. The van der Waals surface area contributed by atoms with Crippen molar-refractivity contribution in [3.63, 3.8) is 0 Å². The quantitative estimate of drug-likeness (QED) is 0.509. The standard InChI is InChI=1S/C9H15P/c1-8-4-2-3-5-9(8)6-7-10/h6H,1-5,7,10H2/b9-6-. The van der Waals surface area contributed by atoms with Gasteiger partial charge in [0.25, 0.3) is 0 Å². The van der Waals surface area contributed by atoms with Crippen molar-refractivity contribution in [3.05, 3.63) is 23.8 Å². The molecule has 1 atom stereocenters. The highest BCUT2D eigenvalue weighted by atomic mass is 31.0. The normalized spacial score (nSPS) is 23.7. The Bertz CT molecular complexity index is 156. The van der Waals surface area contributed by atoms with E-state index >= 15 is 0 Å². The van der Waals surface area contributed by atoms with Crippen LogP contribution in [0.2, 0.25) is 0 Å². The predicted molar refractivity (Wildman–Crippen MR) is 50.3 cm³/mol. The predicted octanol–water partition coefficient (Wildman–Crippen LogP) is 2.92. The van der Waals surface area contributed by atoms with Gasteiger partial charge < -0.3 is 0 Å². The maximum absolute atomic E-state index is 4.04. The van der Waals surface area contributed by atoms with Crippen LogP contribution in [-0.2, 0) is 0 Å². The molecule has 1 rings (SSSR count). The van der Waals surface area contributed by atoms with E-state index in [1.165, 1.54) is 36.8 Å². The summed E-state index contributed by atoms with van der Waals surface area (Å²) in [7, 11) is 2.73. The van der Waals surface area contributed by atoms with Crippen molar-refractivity contribution in [2.75, 3.05) is 6.16 Å². The second-order valence-electron chi connectivity index (χ2n) is 2.78. The summed E-state index contributed by atoms with van der Waals surface area (Å²) in [4.78, 5) is 0. The zero-order valence-corrected chi connectivity index (χ0v) is 7.55. The van der Waals surface area contributed by atoms with Gasteiger partial charge in [0, 0.05) is 0 Å². The lowest BCUT2D eigenvalue weighted by Crippen LogP contribution is -1.97. The molecule has 1 saturated carbocycles. The van der Waals surface area contributed by atoms with Crippen LogP contribution in [0.4, 0.5) is 0 Å². The van der Waals surface area contributed by atoms with Crippen LogP contribution >= 0.6 is 9.24 Å². The fourth-order valence-electron chi connectivity index (χ4n) is 1.38. The van der Waals surface area contributed by atoms with E-state index in [9.17, 15) is 0 Å². The molecular weight excluding hydrogens is 139 g/mol. The zero-order valence-electron chi connectivity index (χ0n) is 6.40. The number of allylic oxidation sites excluding steroid dienone is 3. The number of hydrogen-bond donors (Lipinski definition) is 0. The lowest BCUT2D eigenvalue weighted by Gasteiger charge is -2.16. The van der Waals surface area contributed by atoms with Gasteiger partial charge in [-0.2, -0.15) is 0 Å². The molecule has 10 heavy (non-hydrogen) atoms. The highest BCUT2D eigenvalue weighted by molar-refractivity contribution is 7.16. The van der Waals surface area contributed by atoms with Crippen molar-refractivity contribution in [1.82, 2.24) is 0 Å². The first-order valence-corrected chi connectivity index (χ1v) is 4.73. The van der Waals surface area contributed by atoms with E-state index in [2.05, 4.69) is 21.9 Å². The molecule has 0 heterocycles. The Hall–Kier alpha value is -0.0900. The molecule has 0 aromatic heterocycles. The summed E-state index contributed by atoms with van der Waals surface area (Å²) in [6, 6.07) is 0. The minimum absolute atomic E-state index is 1.08. The smallest absolute Gasteiger partial charge is 0.0194 e. The van der Waals surface area contributed by atoms with Crippen LogP contribution in [0, 0.1) is 0 Å². The van der Waals surface area contributed by atoms with Crippen LogP contribution in [0.15, 0.2) is 23.8 Å². The lowest BCUT2D eigenvalue weighted by molar-refractivity contribution is 0.680. The van der Waals surface area contributed by atoms with Crippen LogP contribution < -0.4 is 0 Å². The van der Waals surface area contributed by atoms with Gasteiger partial charge in [0.1, 0.15) is 0 Å². The van der Waals surface area contributed by atoms with Crippen molar-refractivity contribution in [2.24, 2.45) is 0 Å². The largest absolute Gasteiger partial charge is 0.134 e. The molecule has 0 aromatic carbocycles. The first kappa shape index (κ1) is 8.01. The first-order chi connectivity index (χ1) is 4.84. The maximum atomic E-state index is 4.04. The molecule has 0 nitrogen and oxygen atoms in total. The second kappa shape index (κ2) is 3.93. The molecule has 0 amide bonds. The van der Waals surface area contributed by atoms with Crippen molar-refractivity contribution in [3.8, 4) is 0 Å². The third-order valence-corrected chi connectivity index (χ3v) is 2.23. The minimum atomic E-state index is 1.08. The topological polar surface area (TPSA) is 0 Å². The molecule has 56 valence electrons. The summed E-state index contributed by atoms with van der Waals surface area (Å²) in [6.07, 6.45) is 8.53. The average Bonchev–Trinajstić information content (AvgIpc) is 1.94. The van der Waals surface area contributed by atoms with E-state index in [1.807, 2.05) is 0 Å². The van der Waals surface area contributed by atoms with Crippen LogP contribution in [0.5, 0.6) is 0 Å². The van der Waals surface area contributed by atoms with Gasteiger partial charge in [0.15, 0.2) is 0 Å². The third kappa shape index (κ3) is 1.95. The van der Waals surface area contributed by atoms with Crippen LogP contribution in [0.1, 0.15) is 25.7 Å². The molecule has 1 aliphatic carbocycles. The summed E-state index contributed by atoms with van der Waals surface area (Å²) in [5.41, 5.74) is 2.87.